The number of amides is 2. The minimum absolute atomic E-state index is 0.0296. The first kappa shape index (κ1) is 31.0. The van der Waals surface area contributed by atoms with E-state index in [4.69, 9.17) is 14.6 Å². The van der Waals surface area contributed by atoms with Crippen molar-refractivity contribution in [2.24, 2.45) is 5.10 Å². The van der Waals surface area contributed by atoms with E-state index in [1.807, 2.05) is 52.4 Å². The Morgan fingerprint density at radius 3 is 2.48 bits per heavy atom. The van der Waals surface area contributed by atoms with Gasteiger partial charge in [0.2, 0.25) is 0 Å². The Bertz CT molecular complexity index is 1860. The first-order chi connectivity index (χ1) is 22.4. The number of halogens is 1. The van der Waals surface area contributed by atoms with Gasteiger partial charge >= 0.3 is 0 Å². The van der Waals surface area contributed by atoms with E-state index >= 15 is 0 Å². The smallest absolute Gasteiger partial charge is 0.253 e. The zero-order chi connectivity index (χ0) is 32.0. The van der Waals surface area contributed by atoms with Crippen LogP contribution >= 0.6 is 23.1 Å². The van der Waals surface area contributed by atoms with Crippen LogP contribution in [0.2, 0.25) is 0 Å². The fraction of sp³-hybridized carbons (Fsp3) is 0.182. The highest BCUT2D eigenvalue weighted by Crippen LogP contribution is 2.35. The number of rotatable bonds is 11. The van der Waals surface area contributed by atoms with Crippen molar-refractivity contribution in [1.82, 2.24) is 25.1 Å². The van der Waals surface area contributed by atoms with Gasteiger partial charge in [-0.25, -0.2) is 9.40 Å². The van der Waals surface area contributed by atoms with Gasteiger partial charge in [0.1, 0.15) is 5.82 Å². The van der Waals surface area contributed by atoms with Crippen molar-refractivity contribution in [1.29, 1.82) is 0 Å². The molecule has 0 aliphatic carbocycles. The number of benzene rings is 3. The number of hydrogen-bond acceptors (Lipinski definition) is 9. The summed E-state index contributed by atoms with van der Waals surface area (Å²) in [7, 11) is 3.04. The lowest BCUT2D eigenvalue weighted by atomic mass is 10.0. The molecule has 5 aromatic rings. The number of aromatic nitrogens is 3. The molecule has 1 N–H and O–H groups in total. The second kappa shape index (κ2) is 14.0. The summed E-state index contributed by atoms with van der Waals surface area (Å²) in [6.45, 7) is 0.0802. The first-order valence-electron chi connectivity index (χ1n) is 14.3. The van der Waals surface area contributed by atoms with Crippen LogP contribution in [-0.2, 0) is 11.3 Å². The Labute approximate surface area is 272 Å². The van der Waals surface area contributed by atoms with Crippen LogP contribution < -0.4 is 14.8 Å². The SMILES string of the molecule is COc1ccc(C(=O)NCc2nnc(SCC(=O)N3N=C(c4cccs4)CC3c3ccc(F)cc3)n2-c2ccccc2)cc1OC. The van der Waals surface area contributed by atoms with E-state index < -0.39 is 0 Å². The molecule has 0 radical (unpaired) electrons. The quantitative estimate of drug-likeness (QED) is 0.177. The third-order valence-corrected chi connectivity index (χ3v) is 9.15. The van der Waals surface area contributed by atoms with Gasteiger partial charge in [-0.05, 0) is 59.5 Å². The summed E-state index contributed by atoms with van der Waals surface area (Å²) in [5.74, 6) is 0.582. The molecule has 0 bridgehead atoms. The first-order valence-corrected chi connectivity index (χ1v) is 16.1. The number of hydrazone groups is 1. The van der Waals surface area contributed by atoms with Crippen LogP contribution in [0.25, 0.3) is 5.69 Å². The topological polar surface area (TPSA) is 111 Å². The molecule has 0 fully saturated rings. The number of hydrogen-bond donors (Lipinski definition) is 1. The zero-order valence-electron chi connectivity index (χ0n) is 24.9. The van der Waals surface area contributed by atoms with Gasteiger partial charge in [0.05, 0.1) is 43.1 Å². The molecule has 234 valence electrons. The molecule has 1 atom stereocenters. The van der Waals surface area contributed by atoms with Gasteiger partial charge in [0.25, 0.3) is 11.8 Å². The molecular weight excluding hydrogens is 628 g/mol. The van der Waals surface area contributed by atoms with Crippen molar-refractivity contribution >= 4 is 40.6 Å². The Balaban J connectivity index is 1.21. The van der Waals surface area contributed by atoms with Crippen molar-refractivity contribution in [3.8, 4) is 17.2 Å². The van der Waals surface area contributed by atoms with Gasteiger partial charge in [0, 0.05) is 17.7 Å². The Kier molecular flexibility index (Phi) is 9.41. The minimum atomic E-state index is -0.361. The van der Waals surface area contributed by atoms with Gasteiger partial charge in [0.15, 0.2) is 22.5 Å². The lowest BCUT2D eigenvalue weighted by molar-refractivity contribution is -0.130. The second-order valence-electron chi connectivity index (χ2n) is 10.1. The number of methoxy groups -OCH3 is 2. The second-order valence-corrected chi connectivity index (χ2v) is 12.0. The fourth-order valence-electron chi connectivity index (χ4n) is 5.05. The molecule has 3 heterocycles. The molecule has 13 heteroatoms. The molecule has 2 aromatic heterocycles. The van der Waals surface area contributed by atoms with Gasteiger partial charge in [-0.2, -0.15) is 5.10 Å². The summed E-state index contributed by atoms with van der Waals surface area (Å²) in [5.41, 5.74) is 2.78. The van der Waals surface area contributed by atoms with E-state index in [-0.39, 0.29) is 36.0 Å². The van der Waals surface area contributed by atoms with E-state index in [0.29, 0.717) is 34.5 Å². The van der Waals surface area contributed by atoms with Crippen LogP contribution in [0.4, 0.5) is 4.39 Å². The molecule has 0 spiro atoms. The maximum Gasteiger partial charge on any atom is 0.253 e. The monoisotopic (exact) mass is 656 g/mol. The average molecular weight is 657 g/mol. The molecule has 46 heavy (non-hydrogen) atoms. The summed E-state index contributed by atoms with van der Waals surface area (Å²) < 4.78 is 26.1. The average Bonchev–Trinajstić information content (AvgIpc) is 3.87. The van der Waals surface area contributed by atoms with Crippen molar-refractivity contribution in [2.45, 2.75) is 24.2 Å². The molecule has 1 aliphatic rings. The van der Waals surface area contributed by atoms with E-state index in [1.54, 1.807) is 41.7 Å². The largest absolute Gasteiger partial charge is 0.493 e. The van der Waals surface area contributed by atoms with Crippen LogP contribution in [0.5, 0.6) is 11.5 Å². The Morgan fingerprint density at radius 1 is 0.978 bits per heavy atom. The molecule has 0 saturated heterocycles. The van der Waals surface area contributed by atoms with Gasteiger partial charge in [-0.15, -0.1) is 21.5 Å². The molecular formula is C33H29FN6O4S2. The molecule has 10 nitrogen and oxygen atoms in total. The lowest BCUT2D eigenvalue weighted by Crippen LogP contribution is -2.28. The number of thioether (sulfide) groups is 1. The molecule has 6 rings (SSSR count). The van der Waals surface area contributed by atoms with E-state index in [0.717, 1.165) is 21.8 Å². The van der Waals surface area contributed by atoms with Crippen LogP contribution in [-0.4, -0.2) is 57.3 Å². The number of carbonyl (C=O) groups excluding carboxylic acids is 2. The number of ether oxygens (including phenoxy) is 2. The van der Waals surface area contributed by atoms with Gasteiger partial charge < -0.3 is 14.8 Å². The number of nitrogens with zero attached hydrogens (tertiary/aromatic N) is 5. The van der Waals surface area contributed by atoms with Crippen LogP contribution in [0.1, 0.15) is 39.1 Å². The molecule has 3 aromatic carbocycles. The Hall–Kier alpha value is -5.01. The van der Waals surface area contributed by atoms with Crippen molar-refractivity contribution in [2.75, 3.05) is 20.0 Å². The molecule has 2 amide bonds. The van der Waals surface area contributed by atoms with Crippen LogP contribution in [0.3, 0.4) is 0 Å². The van der Waals surface area contributed by atoms with E-state index in [2.05, 4.69) is 15.5 Å². The predicted molar refractivity (Wildman–Crippen MR) is 174 cm³/mol. The summed E-state index contributed by atoms with van der Waals surface area (Å²) in [6, 6.07) is 24.1. The summed E-state index contributed by atoms with van der Waals surface area (Å²) in [5, 5.41) is 20.3. The third kappa shape index (κ3) is 6.65. The highest BCUT2D eigenvalue weighted by atomic mass is 32.2. The van der Waals surface area contributed by atoms with Gasteiger partial charge in [-0.1, -0.05) is 48.2 Å². The highest BCUT2D eigenvalue weighted by molar-refractivity contribution is 7.99. The normalized spacial score (nSPS) is 14.2. The zero-order valence-corrected chi connectivity index (χ0v) is 26.6. The van der Waals surface area contributed by atoms with Crippen molar-refractivity contribution < 1.29 is 23.5 Å². The predicted octanol–water partition coefficient (Wildman–Crippen LogP) is 5.89. The number of thiophene rings is 1. The Morgan fingerprint density at radius 2 is 1.76 bits per heavy atom. The van der Waals surface area contributed by atoms with Crippen LogP contribution in [0.15, 0.2) is 101 Å². The van der Waals surface area contributed by atoms with Crippen molar-refractivity contribution in [3.05, 3.63) is 118 Å². The fourth-order valence-corrected chi connectivity index (χ4v) is 6.60. The van der Waals surface area contributed by atoms with Gasteiger partial charge in [-0.3, -0.25) is 14.2 Å². The molecule has 1 aliphatic heterocycles. The van der Waals surface area contributed by atoms with Crippen molar-refractivity contribution in [3.63, 3.8) is 0 Å². The van der Waals surface area contributed by atoms with E-state index in [9.17, 15) is 14.0 Å². The highest BCUT2D eigenvalue weighted by Gasteiger charge is 2.33. The lowest BCUT2D eigenvalue weighted by Gasteiger charge is -2.22. The maximum atomic E-state index is 13.7. The summed E-state index contributed by atoms with van der Waals surface area (Å²) in [6.07, 6.45) is 0.521. The standard InChI is InChI=1S/C33H29FN6O4S2/c1-43-27-15-12-22(17-28(27)44-2)32(42)35-19-30-36-37-33(39(30)24-7-4-3-5-8-24)46-20-31(41)40-26(21-10-13-23(34)14-11-21)18-25(38-40)29-9-6-16-45-29/h3-17,26H,18-20H2,1-2H3,(H,35,42). The number of carbonyl (C=O) groups is 2. The van der Waals surface area contributed by atoms with Crippen LogP contribution in [0, 0.1) is 5.82 Å². The minimum Gasteiger partial charge on any atom is -0.493 e. The summed E-state index contributed by atoms with van der Waals surface area (Å²) >= 11 is 2.78. The number of nitrogens with one attached hydrogen (secondary N) is 1. The summed E-state index contributed by atoms with van der Waals surface area (Å²) in [4.78, 5) is 27.7. The molecule has 0 saturated carbocycles. The van der Waals surface area contributed by atoms with E-state index in [1.165, 1.54) is 43.1 Å². The molecule has 1 unspecified atom stereocenters. The third-order valence-electron chi connectivity index (χ3n) is 7.32. The maximum absolute atomic E-state index is 13.7. The number of para-hydroxylation sites is 1.